The van der Waals surface area contributed by atoms with Gasteiger partial charge in [0.2, 0.25) is 5.91 Å². The number of allylic oxidation sites excluding steroid dienone is 1. The first-order chi connectivity index (χ1) is 14.3. The molecule has 9 heteroatoms. The van der Waals surface area contributed by atoms with Crippen LogP contribution in [0.25, 0.3) is 0 Å². The molecule has 0 aromatic rings. The topological polar surface area (TPSA) is 68.2 Å². The van der Waals surface area contributed by atoms with Crippen LogP contribution < -0.4 is 5.32 Å². The molecule has 5 aliphatic heterocycles. The van der Waals surface area contributed by atoms with Gasteiger partial charge in [0.05, 0.1) is 5.54 Å². The molecule has 5 heterocycles. The Morgan fingerprint density at radius 2 is 1.90 bits per heavy atom. The van der Waals surface area contributed by atoms with E-state index in [2.05, 4.69) is 15.2 Å². The fourth-order valence-electron chi connectivity index (χ4n) is 5.66. The molecule has 1 N–H and O–H groups in total. The summed E-state index contributed by atoms with van der Waals surface area (Å²) in [5, 5.41) is 3.02. The van der Waals surface area contributed by atoms with Gasteiger partial charge in [0.25, 0.3) is 6.43 Å². The molecule has 0 aliphatic carbocycles. The first kappa shape index (κ1) is 19.9. The van der Waals surface area contributed by atoms with Crippen molar-refractivity contribution < 1.29 is 19.8 Å². The molecule has 30 heavy (non-hydrogen) atoms. The van der Waals surface area contributed by atoms with Gasteiger partial charge in [-0.15, -0.1) is 0 Å². The molecule has 0 bridgehead atoms. The van der Waals surface area contributed by atoms with E-state index in [1.165, 1.54) is 6.20 Å². The summed E-state index contributed by atoms with van der Waals surface area (Å²) in [6, 6.07) is 0.0922. The molecular weight excluding hydrogens is 392 g/mol. The van der Waals surface area contributed by atoms with Gasteiger partial charge in [-0.2, -0.15) is 0 Å². The van der Waals surface area contributed by atoms with E-state index in [-0.39, 0.29) is 35.8 Å². The van der Waals surface area contributed by atoms with Crippen LogP contribution in [-0.4, -0.2) is 90.1 Å². The van der Waals surface area contributed by atoms with Crippen molar-refractivity contribution in [2.45, 2.75) is 44.6 Å². The number of aliphatic imine (C=N–C) groups is 1. The standard InChI is InChI=1S/C21H29F2N5O2.H2/c1-14-15(18(22)23)8-24-16(14)9-26-6-4-20(5-7-26)10-27(11-20)19(30)28-12-21(13-28)3-2-17(29)25-21;/h8,14,18H,2-7,9-13H2,1H3,(H,25,29);1H. The van der Waals surface area contributed by atoms with Crippen molar-refractivity contribution in [3.8, 4) is 0 Å². The Bertz CT molecular complexity index is 811. The van der Waals surface area contributed by atoms with Crippen LogP contribution in [0.3, 0.4) is 0 Å². The Kier molecular flexibility index (Phi) is 4.65. The summed E-state index contributed by atoms with van der Waals surface area (Å²) in [5.41, 5.74) is 0.986. The van der Waals surface area contributed by atoms with Gasteiger partial charge in [0, 0.05) is 69.4 Å². The van der Waals surface area contributed by atoms with Crippen molar-refractivity contribution >= 4 is 17.6 Å². The third-order valence-electron chi connectivity index (χ3n) is 7.75. The minimum Gasteiger partial charge on any atom is -0.347 e. The van der Waals surface area contributed by atoms with Crippen LogP contribution in [0.4, 0.5) is 13.6 Å². The predicted molar refractivity (Wildman–Crippen MR) is 110 cm³/mol. The zero-order chi connectivity index (χ0) is 21.1. The molecule has 5 aliphatic rings. The van der Waals surface area contributed by atoms with Gasteiger partial charge in [0.1, 0.15) is 0 Å². The lowest BCUT2D eigenvalue weighted by molar-refractivity contribution is -0.120. The van der Waals surface area contributed by atoms with Crippen LogP contribution in [0, 0.1) is 11.3 Å². The number of carbonyl (C=O) groups is 2. The number of alkyl halides is 2. The number of piperidine rings is 1. The first-order valence-electron chi connectivity index (χ1n) is 10.9. The highest BCUT2D eigenvalue weighted by atomic mass is 19.3. The smallest absolute Gasteiger partial charge is 0.320 e. The van der Waals surface area contributed by atoms with Gasteiger partial charge in [-0.05, 0) is 32.4 Å². The SMILES string of the molecule is CC1C(C(F)F)=CN=C1CN1CCC2(CC1)CN(C(=O)N1CC3(CCC(=O)N3)C1)C2.[HH]. The number of carbonyl (C=O) groups excluding carboxylic acids is 2. The van der Waals surface area contributed by atoms with E-state index >= 15 is 0 Å². The Balaban J connectivity index is 0.00000231. The van der Waals surface area contributed by atoms with Crippen LogP contribution in [0.5, 0.6) is 0 Å². The second-order valence-corrected chi connectivity index (χ2v) is 9.87. The molecule has 4 saturated heterocycles. The zero-order valence-electron chi connectivity index (χ0n) is 17.4. The molecule has 0 aromatic heterocycles. The van der Waals surface area contributed by atoms with Crippen molar-refractivity contribution in [3.05, 3.63) is 11.8 Å². The fourth-order valence-corrected chi connectivity index (χ4v) is 5.66. The van der Waals surface area contributed by atoms with Crippen LogP contribution in [0.2, 0.25) is 0 Å². The number of rotatable bonds is 3. The van der Waals surface area contributed by atoms with E-state index in [0.717, 1.165) is 51.2 Å². The van der Waals surface area contributed by atoms with Crippen molar-refractivity contribution in [2.24, 2.45) is 16.3 Å². The maximum Gasteiger partial charge on any atom is 0.320 e. The monoisotopic (exact) mass is 423 g/mol. The molecule has 0 radical (unpaired) electrons. The van der Waals surface area contributed by atoms with Crippen molar-refractivity contribution in [1.82, 2.24) is 20.0 Å². The lowest BCUT2D eigenvalue weighted by Gasteiger charge is -2.57. The Morgan fingerprint density at radius 3 is 2.47 bits per heavy atom. The number of nitrogens with zero attached hydrogens (tertiary/aromatic N) is 4. The highest BCUT2D eigenvalue weighted by Gasteiger charge is 2.53. The van der Waals surface area contributed by atoms with Gasteiger partial charge >= 0.3 is 6.03 Å². The molecule has 166 valence electrons. The average molecular weight is 424 g/mol. The normalized spacial score (nSPS) is 29.7. The molecule has 7 nitrogen and oxygen atoms in total. The fraction of sp³-hybridized carbons (Fsp3) is 0.762. The van der Waals surface area contributed by atoms with Crippen LogP contribution in [0.15, 0.2) is 16.8 Å². The van der Waals surface area contributed by atoms with Crippen molar-refractivity contribution in [3.63, 3.8) is 0 Å². The summed E-state index contributed by atoms with van der Waals surface area (Å²) >= 11 is 0. The second-order valence-electron chi connectivity index (χ2n) is 9.87. The molecule has 1 atom stereocenters. The average Bonchev–Trinajstić information content (AvgIpc) is 3.22. The molecule has 2 spiro atoms. The summed E-state index contributed by atoms with van der Waals surface area (Å²) in [6.45, 7) is 7.13. The molecule has 3 amide bonds. The molecule has 4 fully saturated rings. The minimum atomic E-state index is -2.43. The Morgan fingerprint density at radius 1 is 1.23 bits per heavy atom. The van der Waals surface area contributed by atoms with E-state index < -0.39 is 6.43 Å². The number of halogens is 2. The number of nitrogens with one attached hydrogen (secondary N) is 1. The van der Waals surface area contributed by atoms with E-state index in [9.17, 15) is 18.4 Å². The number of urea groups is 1. The largest absolute Gasteiger partial charge is 0.347 e. The summed E-state index contributed by atoms with van der Waals surface area (Å²) in [5.74, 6) is -0.182. The summed E-state index contributed by atoms with van der Waals surface area (Å²) in [7, 11) is 0. The summed E-state index contributed by atoms with van der Waals surface area (Å²) < 4.78 is 26.0. The number of amides is 3. The Labute approximate surface area is 176 Å². The van der Waals surface area contributed by atoms with Gasteiger partial charge in [0.15, 0.2) is 0 Å². The van der Waals surface area contributed by atoms with Gasteiger partial charge < -0.3 is 15.1 Å². The molecule has 0 aromatic carbocycles. The molecule has 5 rings (SSSR count). The van der Waals surface area contributed by atoms with E-state index in [1.807, 2.05) is 16.7 Å². The van der Waals surface area contributed by atoms with E-state index in [1.54, 1.807) is 0 Å². The van der Waals surface area contributed by atoms with Gasteiger partial charge in [-0.1, -0.05) is 6.92 Å². The molecule has 1 unspecified atom stereocenters. The third kappa shape index (κ3) is 3.31. The van der Waals surface area contributed by atoms with Gasteiger partial charge in [-0.25, -0.2) is 13.6 Å². The Hall–Kier alpha value is -2.03. The maximum atomic E-state index is 13.0. The zero-order valence-corrected chi connectivity index (χ0v) is 17.4. The second kappa shape index (κ2) is 7.00. The van der Waals surface area contributed by atoms with E-state index in [4.69, 9.17) is 0 Å². The number of likely N-dealkylation sites (tertiary alicyclic amines) is 3. The van der Waals surface area contributed by atoms with Crippen LogP contribution >= 0.6 is 0 Å². The number of hydrogen-bond donors (Lipinski definition) is 1. The summed E-state index contributed by atoms with van der Waals surface area (Å²) in [6.07, 6.45) is 2.34. The maximum absolute atomic E-state index is 13.0. The lowest BCUT2D eigenvalue weighted by atomic mass is 9.72. The first-order valence-corrected chi connectivity index (χ1v) is 10.9. The third-order valence-corrected chi connectivity index (χ3v) is 7.75. The predicted octanol–water partition coefficient (Wildman–Crippen LogP) is 1.95. The number of hydrogen-bond acceptors (Lipinski definition) is 4. The van der Waals surface area contributed by atoms with E-state index in [0.29, 0.717) is 26.1 Å². The highest BCUT2D eigenvalue weighted by molar-refractivity contribution is 5.93. The molecular formula is C21H31F2N5O2. The highest BCUT2D eigenvalue weighted by Crippen LogP contribution is 2.42. The van der Waals surface area contributed by atoms with Gasteiger partial charge in [-0.3, -0.25) is 14.7 Å². The lowest BCUT2D eigenvalue weighted by Crippen LogP contribution is -2.73. The quantitative estimate of drug-likeness (QED) is 0.755. The molecule has 0 saturated carbocycles. The van der Waals surface area contributed by atoms with Crippen LogP contribution in [0.1, 0.15) is 34.0 Å². The van der Waals surface area contributed by atoms with Crippen LogP contribution in [-0.2, 0) is 4.79 Å². The minimum absolute atomic E-state index is 0. The summed E-state index contributed by atoms with van der Waals surface area (Å²) in [4.78, 5) is 34.5. The van der Waals surface area contributed by atoms with Crippen molar-refractivity contribution in [2.75, 3.05) is 45.8 Å². The van der Waals surface area contributed by atoms with Crippen molar-refractivity contribution in [1.29, 1.82) is 0 Å².